The lowest BCUT2D eigenvalue weighted by Gasteiger charge is -2.14. The molecular weight excluding hydrogens is 254 g/mol. The monoisotopic (exact) mass is 277 g/mol. The molecule has 20 heavy (non-hydrogen) atoms. The molecule has 3 N–H and O–H groups in total. The molecule has 0 aromatic heterocycles. The number of nitrogen functional groups attached to an aromatic ring is 1. The van der Waals surface area contributed by atoms with Gasteiger partial charge in [0, 0.05) is 24.8 Å². The Morgan fingerprint density at radius 3 is 2.90 bits per heavy atom. The molecule has 0 unspecified atom stereocenters. The van der Waals surface area contributed by atoms with Crippen molar-refractivity contribution in [2.75, 3.05) is 38.5 Å². The molecule has 1 fully saturated rings. The lowest BCUT2D eigenvalue weighted by Crippen LogP contribution is -2.34. The van der Waals surface area contributed by atoms with Gasteiger partial charge in [0.05, 0.1) is 13.0 Å². The van der Waals surface area contributed by atoms with Gasteiger partial charge >= 0.3 is 0 Å². The van der Waals surface area contributed by atoms with Crippen LogP contribution in [0.25, 0.3) is 0 Å². The Kier molecular flexibility index (Phi) is 5.68. The van der Waals surface area contributed by atoms with Gasteiger partial charge in [0.2, 0.25) is 5.91 Å². The summed E-state index contributed by atoms with van der Waals surface area (Å²) in [5.41, 5.74) is 6.32. The molecule has 1 heterocycles. The van der Waals surface area contributed by atoms with Gasteiger partial charge in [0.25, 0.3) is 0 Å². The van der Waals surface area contributed by atoms with Crippen LogP contribution < -0.4 is 15.8 Å². The van der Waals surface area contributed by atoms with Gasteiger partial charge in [-0.25, -0.2) is 0 Å². The van der Waals surface area contributed by atoms with Crippen LogP contribution in [0.4, 0.5) is 5.69 Å². The summed E-state index contributed by atoms with van der Waals surface area (Å²) in [4.78, 5) is 14.0. The number of rotatable bonds is 7. The molecule has 0 bridgehead atoms. The molecule has 1 aromatic rings. The van der Waals surface area contributed by atoms with E-state index in [-0.39, 0.29) is 5.91 Å². The van der Waals surface area contributed by atoms with E-state index in [0.717, 1.165) is 26.2 Å². The van der Waals surface area contributed by atoms with Gasteiger partial charge in [-0.1, -0.05) is 6.07 Å². The highest BCUT2D eigenvalue weighted by molar-refractivity contribution is 5.75. The fraction of sp³-hybridized carbons (Fsp3) is 0.533. The number of anilines is 1. The minimum absolute atomic E-state index is 0.0353. The molecule has 0 spiro atoms. The van der Waals surface area contributed by atoms with E-state index in [1.807, 2.05) is 12.1 Å². The van der Waals surface area contributed by atoms with Crippen molar-refractivity contribution in [3.05, 3.63) is 24.3 Å². The zero-order valence-corrected chi connectivity index (χ0v) is 11.8. The van der Waals surface area contributed by atoms with Crippen molar-refractivity contribution in [3.8, 4) is 5.75 Å². The van der Waals surface area contributed by atoms with E-state index in [0.29, 0.717) is 24.5 Å². The first kappa shape index (κ1) is 14.7. The largest absolute Gasteiger partial charge is 0.493 e. The first-order valence-corrected chi connectivity index (χ1v) is 7.21. The van der Waals surface area contributed by atoms with Crippen molar-refractivity contribution in [2.24, 2.45) is 0 Å². The third kappa shape index (κ3) is 5.09. The van der Waals surface area contributed by atoms with Crippen LogP contribution in [0.2, 0.25) is 0 Å². The average molecular weight is 277 g/mol. The molecule has 110 valence electrons. The van der Waals surface area contributed by atoms with Crippen molar-refractivity contribution in [1.29, 1.82) is 0 Å². The number of likely N-dealkylation sites (tertiary alicyclic amines) is 1. The van der Waals surface area contributed by atoms with Crippen LogP contribution in [-0.2, 0) is 4.79 Å². The summed E-state index contributed by atoms with van der Waals surface area (Å²) in [5.74, 6) is 0.739. The second kappa shape index (κ2) is 7.75. The third-order valence-corrected chi connectivity index (χ3v) is 3.40. The van der Waals surface area contributed by atoms with E-state index in [1.165, 1.54) is 12.8 Å². The normalized spacial score (nSPS) is 15.2. The molecule has 5 heteroatoms. The van der Waals surface area contributed by atoms with Crippen LogP contribution in [0.15, 0.2) is 24.3 Å². The molecule has 0 aliphatic carbocycles. The highest BCUT2D eigenvalue weighted by atomic mass is 16.5. The van der Waals surface area contributed by atoms with Crippen molar-refractivity contribution in [1.82, 2.24) is 10.2 Å². The second-order valence-corrected chi connectivity index (χ2v) is 5.07. The molecule has 0 saturated carbocycles. The molecule has 1 aromatic carbocycles. The van der Waals surface area contributed by atoms with Gasteiger partial charge in [-0.2, -0.15) is 0 Å². The highest BCUT2D eigenvalue weighted by Gasteiger charge is 2.11. The van der Waals surface area contributed by atoms with E-state index < -0.39 is 0 Å². The quantitative estimate of drug-likeness (QED) is 0.736. The molecule has 1 aliphatic heterocycles. The van der Waals surface area contributed by atoms with E-state index in [9.17, 15) is 4.79 Å². The maximum Gasteiger partial charge on any atom is 0.223 e. The lowest BCUT2D eigenvalue weighted by molar-refractivity contribution is -0.121. The van der Waals surface area contributed by atoms with Crippen molar-refractivity contribution < 1.29 is 9.53 Å². The Labute approximate surface area is 120 Å². The van der Waals surface area contributed by atoms with E-state index in [1.54, 1.807) is 12.1 Å². The summed E-state index contributed by atoms with van der Waals surface area (Å²) < 4.78 is 5.49. The SMILES string of the molecule is Nc1cccc(OCCC(=O)NCCN2CCCC2)c1. The summed E-state index contributed by atoms with van der Waals surface area (Å²) in [7, 11) is 0. The van der Waals surface area contributed by atoms with E-state index in [4.69, 9.17) is 10.5 Å². The van der Waals surface area contributed by atoms with Crippen LogP contribution in [-0.4, -0.2) is 43.6 Å². The number of hydrogen-bond acceptors (Lipinski definition) is 4. The Morgan fingerprint density at radius 1 is 1.35 bits per heavy atom. The number of nitrogens with one attached hydrogen (secondary N) is 1. The average Bonchev–Trinajstić information content (AvgIpc) is 2.92. The van der Waals surface area contributed by atoms with Crippen LogP contribution in [0, 0.1) is 0 Å². The summed E-state index contributed by atoms with van der Waals surface area (Å²) in [5, 5.41) is 2.92. The number of nitrogens with two attached hydrogens (primary N) is 1. The van der Waals surface area contributed by atoms with Gasteiger partial charge < -0.3 is 20.7 Å². The summed E-state index contributed by atoms with van der Waals surface area (Å²) >= 11 is 0. The zero-order valence-electron chi connectivity index (χ0n) is 11.8. The van der Waals surface area contributed by atoms with Crippen LogP contribution >= 0.6 is 0 Å². The maximum absolute atomic E-state index is 11.6. The number of amides is 1. The number of nitrogens with zero attached hydrogens (tertiary/aromatic N) is 1. The fourth-order valence-electron chi connectivity index (χ4n) is 2.31. The van der Waals surface area contributed by atoms with Crippen LogP contribution in [0.5, 0.6) is 5.75 Å². The molecular formula is C15H23N3O2. The highest BCUT2D eigenvalue weighted by Crippen LogP contribution is 2.14. The molecule has 0 radical (unpaired) electrons. The Bertz CT molecular complexity index is 431. The van der Waals surface area contributed by atoms with Gasteiger partial charge in [0.15, 0.2) is 0 Å². The minimum atomic E-state index is 0.0353. The van der Waals surface area contributed by atoms with E-state index in [2.05, 4.69) is 10.2 Å². The van der Waals surface area contributed by atoms with Gasteiger partial charge in [-0.15, -0.1) is 0 Å². The number of carbonyl (C=O) groups is 1. The minimum Gasteiger partial charge on any atom is -0.493 e. The summed E-state index contributed by atoms with van der Waals surface area (Å²) in [6.45, 7) is 4.36. The molecule has 1 aliphatic rings. The molecule has 1 amide bonds. The molecule has 1 saturated heterocycles. The predicted molar refractivity (Wildman–Crippen MR) is 79.7 cm³/mol. The fourth-order valence-corrected chi connectivity index (χ4v) is 2.31. The van der Waals surface area contributed by atoms with Crippen molar-refractivity contribution in [3.63, 3.8) is 0 Å². The number of ether oxygens (including phenoxy) is 1. The van der Waals surface area contributed by atoms with Crippen LogP contribution in [0.1, 0.15) is 19.3 Å². The van der Waals surface area contributed by atoms with Gasteiger partial charge in [-0.3, -0.25) is 4.79 Å². The molecule has 0 atom stereocenters. The molecule has 2 rings (SSSR count). The number of benzene rings is 1. The second-order valence-electron chi connectivity index (χ2n) is 5.07. The predicted octanol–water partition coefficient (Wildman–Crippen LogP) is 1.25. The summed E-state index contributed by atoms with van der Waals surface area (Å²) in [6, 6.07) is 7.23. The topological polar surface area (TPSA) is 67.6 Å². The van der Waals surface area contributed by atoms with Crippen molar-refractivity contribution in [2.45, 2.75) is 19.3 Å². The number of carbonyl (C=O) groups excluding carboxylic acids is 1. The van der Waals surface area contributed by atoms with Crippen molar-refractivity contribution >= 4 is 11.6 Å². The van der Waals surface area contributed by atoms with Gasteiger partial charge in [-0.05, 0) is 38.1 Å². The zero-order chi connectivity index (χ0) is 14.2. The third-order valence-electron chi connectivity index (χ3n) is 3.40. The molecule has 5 nitrogen and oxygen atoms in total. The standard InChI is InChI=1S/C15H23N3O2/c16-13-4-3-5-14(12-13)20-11-6-15(19)17-7-10-18-8-1-2-9-18/h3-5,12H,1-2,6-11,16H2,(H,17,19). The summed E-state index contributed by atoms with van der Waals surface area (Å²) in [6.07, 6.45) is 2.93. The van der Waals surface area contributed by atoms with E-state index >= 15 is 0 Å². The Hall–Kier alpha value is -1.75. The first-order valence-electron chi connectivity index (χ1n) is 7.21. The smallest absolute Gasteiger partial charge is 0.223 e. The Morgan fingerprint density at radius 2 is 2.15 bits per heavy atom. The Balaban J connectivity index is 1.55. The first-order chi connectivity index (χ1) is 9.74. The maximum atomic E-state index is 11.6. The van der Waals surface area contributed by atoms with Crippen LogP contribution in [0.3, 0.4) is 0 Å². The van der Waals surface area contributed by atoms with Gasteiger partial charge in [0.1, 0.15) is 5.75 Å². The number of hydrogen-bond donors (Lipinski definition) is 2. The lowest BCUT2D eigenvalue weighted by atomic mass is 10.3.